The van der Waals surface area contributed by atoms with E-state index in [1.807, 2.05) is 61.5 Å². The van der Waals surface area contributed by atoms with Gasteiger partial charge in [0.25, 0.3) is 0 Å². The van der Waals surface area contributed by atoms with Crippen LogP contribution in [0.4, 0.5) is 5.69 Å². The molecule has 104 valence electrons. The minimum Gasteiger partial charge on any atom is -0.398 e. The van der Waals surface area contributed by atoms with Crippen molar-refractivity contribution in [1.82, 2.24) is 5.32 Å². The number of amides is 1. The molecule has 0 fully saturated rings. The van der Waals surface area contributed by atoms with E-state index in [2.05, 4.69) is 5.32 Å². The zero-order chi connectivity index (χ0) is 14.4. The van der Waals surface area contributed by atoms with Crippen LogP contribution < -0.4 is 11.1 Å². The summed E-state index contributed by atoms with van der Waals surface area (Å²) >= 11 is 1.46. The first-order valence-electron chi connectivity index (χ1n) is 6.48. The van der Waals surface area contributed by atoms with Crippen LogP contribution in [-0.4, -0.2) is 11.7 Å². The van der Waals surface area contributed by atoms with Crippen molar-refractivity contribution in [2.24, 2.45) is 0 Å². The minimum absolute atomic E-state index is 0.00889. The highest BCUT2D eigenvalue weighted by Crippen LogP contribution is 2.24. The number of hydrogen-bond donors (Lipinski definition) is 2. The van der Waals surface area contributed by atoms with Gasteiger partial charge < -0.3 is 11.1 Å². The van der Waals surface area contributed by atoms with Crippen molar-refractivity contribution in [2.75, 3.05) is 11.5 Å². The molecule has 3 N–H and O–H groups in total. The summed E-state index contributed by atoms with van der Waals surface area (Å²) in [6, 6.07) is 17.5. The molecule has 0 aromatic heterocycles. The number of nitrogens with two attached hydrogens (primary N) is 1. The Kier molecular flexibility index (Phi) is 5.07. The van der Waals surface area contributed by atoms with Crippen LogP contribution in [0.2, 0.25) is 0 Å². The van der Waals surface area contributed by atoms with Gasteiger partial charge in [-0.3, -0.25) is 4.79 Å². The van der Waals surface area contributed by atoms with E-state index in [9.17, 15) is 4.79 Å². The maximum absolute atomic E-state index is 11.9. The van der Waals surface area contributed by atoms with Gasteiger partial charge in [0, 0.05) is 10.6 Å². The summed E-state index contributed by atoms with van der Waals surface area (Å²) in [7, 11) is 0. The first-order valence-corrected chi connectivity index (χ1v) is 7.47. The number of nitrogens with one attached hydrogen (secondary N) is 1. The van der Waals surface area contributed by atoms with Gasteiger partial charge >= 0.3 is 0 Å². The molecule has 4 heteroatoms. The van der Waals surface area contributed by atoms with Crippen molar-refractivity contribution in [3.8, 4) is 0 Å². The van der Waals surface area contributed by atoms with E-state index in [0.717, 1.165) is 10.5 Å². The molecular formula is C16H18N2OS. The van der Waals surface area contributed by atoms with Crippen molar-refractivity contribution in [1.29, 1.82) is 0 Å². The van der Waals surface area contributed by atoms with Gasteiger partial charge in [-0.05, 0) is 24.6 Å². The average molecular weight is 286 g/mol. The van der Waals surface area contributed by atoms with Gasteiger partial charge in [0.05, 0.1) is 11.8 Å². The van der Waals surface area contributed by atoms with Crippen LogP contribution in [0.15, 0.2) is 59.5 Å². The molecule has 0 aliphatic heterocycles. The fraction of sp³-hybridized carbons (Fsp3) is 0.188. The number of rotatable bonds is 5. The summed E-state index contributed by atoms with van der Waals surface area (Å²) in [4.78, 5) is 12.9. The number of carbonyl (C=O) groups is 1. The van der Waals surface area contributed by atoms with Crippen molar-refractivity contribution < 1.29 is 4.79 Å². The highest BCUT2D eigenvalue weighted by atomic mass is 32.2. The number of anilines is 1. The predicted molar refractivity (Wildman–Crippen MR) is 84.6 cm³/mol. The van der Waals surface area contributed by atoms with E-state index in [1.54, 1.807) is 0 Å². The Bertz CT molecular complexity index is 572. The summed E-state index contributed by atoms with van der Waals surface area (Å²) in [5.74, 6) is 0.375. The highest BCUT2D eigenvalue weighted by molar-refractivity contribution is 8.00. The van der Waals surface area contributed by atoms with Crippen molar-refractivity contribution in [3.63, 3.8) is 0 Å². The first-order chi connectivity index (χ1) is 9.66. The van der Waals surface area contributed by atoms with E-state index < -0.39 is 0 Å². The van der Waals surface area contributed by atoms with Crippen LogP contribution in [0.5, 0.6) is 0 Å². The van der Waals surface area contributed by atoms with Gasteiger partial charge in [-0.2, -0.15) is 0 Å². The Labute approximate surface area is 123 Å². The van der Waals surface area contributed by atoms with Crippen molar-refractivity contribution in [3.05, 3.63) is 60.2 Å². The van der Waals surface area contributed by atoms with E-state index in [0.29, 0.717) is 11.4 Å². The number of carbonyl (C=O) groups excluding carboxylic acids is 1. The average Bonchev–Trinajstić information content (AvgIpc) is 2.47. The molecule has 0 bridgehead atoms. The zero-order valence-corrected chi connectivity index (χ0v) is 12.2. The lowest BCUT2D eigenvalue weighted by Crippen LogP contribution is -2.28. The number of benzene rings is 2. The topological polar surface area (TPSA) is 55.1 Å². The van der Waals surface area contributed by atoms with E-state index in [1.165, 1.54) is 11.8 Å². The van der Waals surface area contributed by atoms with Gasteiger partial charge in [0.2, 0.25) is 5.91 Å². The molecule has 0 radical (unpaired) electrons. The van der Waals surface area contributed by atoms with Gasteiger partial charge in [0.15, 0.2) is 0 Å². The third-order valence-corrected chi connectivity index (χ3v) is 4.04. The van der Waals surface area contributed by atoms with Gasteiger partial charge in [-0.15, -0.1) is 11.8 Å². The lowest BCUT2D eigenvalue weighted by Gasteiger charge is -2.14. The standard InChI is InChI=1S/C16H18N2OS/c1-12(13-7-3-2-4-8-13)18-16(19)11-20-15-10-6-5-9-14(15)17/h2-10,12H,11,17H2,1H3,(H,18,19)/t12-/m0/s1. The molecule has 0 aliphatic rings. The highest BCUT2D eigenvalue weighted by Gasteiger charge is 2.10. The molecule has 20 heavy (non-hydrogen) atoms. The van der Waals surface area contributed by atoms with Crippen LogP contribution in [0, 0.1) is 0 Å². The van der Waals surface area contributed by atoms with E-state index in [4.69, 9.17) is 5.73 Å². The van der Waals surface area contributed by atoms with Gasteiger partial charge in [-0.25, -0.2) is 0 Å². The van der Waals surface area contributed by atoms with Crippen molar-refractivity contribution >= 4 is 23.4 Å². The van der Waals surface area contributed by atoms with Crippen LogP contribution in [0.25, 0.3) is 0 Å². The number of thioether (sulfide) groups is 1. The van der Waals surface area contributed by atoms with Crippen LogP contribution >= 0.6 is 11.8 Å². The van der Waals surface area contributed by atoms with Gasteiger partial charge in [0.1, 0.15) is 0 Å². The second-order valence-corrected chi connectivity index (χ2v) is 5.54. The maximum atomic E-state index is 11.9. The number of para-hydroxylation sites is 1. The molecule has 0 unspecified atom stereocenters. The SMILES string of the molecule is C[C@H](NC(=O)CSc1ccccc1N)c1ccccc1. The summed E-state index contributed by atoms with van der Waals surface area (Å²) in [5, 5.41) is 2.99. The smallest absolute Gasteiger partial charge is 0.230 e. The van der Waals surface area contributed by atoms with E-state index >= 15 is 0 Å². The molecule has 0 saturated carbocycles. The first kappa shape index (κ1) is 14.5. The summed E-state index contributed by atoms with van der Waals surface area (Å²) < 4.78 is 0. The number of nitrogen functional groups attached to an aromatic ring is 1. The monoisotopic (exact) mass is 286 g/mol. The summed E-state index contributed by atoms with van der Waals surface area (Å²) in [5.41, 5.74) is 7.66. The van der Waals surface area contributed by atoms with Crippen molar-refractivity contribution in [2.45, 2.75) is 17.9 Å². The quantitative estimate of drug-likeness (QED) is 0.655. The molecule has 2 aromatic rings. The third kappa shape index (κ3) is 4.03. The second-order valence-electron chi connectivity index (χ2n) is 4.53. The minimum atomic E-state index is 0.00889. The Morgan fingerprint density at radius 3 is 2.50 bits per heavy atom. The fourth-order valence-electron chi connectivity index (χ4n) is 1.86. The van der Waals surface area contributed by atoms with Crippen LogP contribution in [0.3, 0.4) is 0 Å². The molecule has 3 nitrogen and oxygen atoms in total. The molecule has 0 spiro atoms. The maximum Gasteiger partial charge on any atom is 0.230 e. The molecule has 2 aromatic carbocycles. The molecular weight excluding hydrogens is 268 g/mol. The van der Waals surface area contributed by atoms with E-state index in [-0.39, 0.29) is 11.9 Å². The van der Waals surface area contributed by atoms with Crippen LogP contribution in [-0.2, 0) is 4.79 Å². The zero-order valence-electron chi connectivity index (χ0n) is 11.4. The molecule has 2 rings (SSSR count). The lowest BCUT2D eigenvalue weighted by molar-refractivity contribution is -0.119. The molecule has 0 aliphatic carbocycles. The number of hydrogen-bond acceptors (Lipinski definition) is 3. The third-order valence-electron chi connectivity index (χ3n) is 2.95. The Balaban J connectivity index is 1.86. The predicted octanol–water partition coefficient (Wildman–Crippen LogP) is 3.24. The Hall–Kier alpha value is -1.94. The largest absolute Gasteiger partial charge is 0.398 e. The lowest BCUT2D eigenvalue weighted by atomic mass is 10.1. The normalized spacial score (nSPS) is 11.8. The summed E-state index contributed by atoms with van der Waals surface area (Å²) in [6.07, 6.45) is 0. The molecule has 0 heterocycles. The fourth-order valence-corrected chi connectivity index (χ4v) is 2.64. The molecule has 1 amide bonds. The molecule has 1 atom stereocenters. The summed E-state index contributed by atoms with van der Waals surface area (Å²) in [6.45, 7) is 1.98. The Morgan fingerprint density at radius 1 is 1.15 bits per heavy atom. The Morgan fingerprint density at radius 2 is 1.80 bits per heavy atom. The molecule has 0 saturated heterocycles. The van der Waals surface area contributed by atoms with Gasteiger partial charge in [-0.1, -0.05) is 42.5 Å². The second kappa shape index (κ2) is 7.01. The van der Waals surface area contributed by atoms with Crippen LogP contribution in [0.1, 0.15) is 18.5 Å².